The number of hydrogen-bond acceptors (Lipinski definition) is 5. The quantitative estimate of drug-likeness (QED) is 0.856. The minimum atomic E-state index is -0.298. The Morgan fingerprint density at radius 3 is 2.86 bits per heavy atom. The zero-order valence-electron chi connectivity index (χ0n) is 11.9. The number of pyridine rings is 1. The van der Waals surface area contributed by atoms with Gasteiger partial charge in [-0.2, -0.15) is 0 Å². The lowest BCUT2D eigenvalue weighted by Gasteiger charge is -2.08. The number of carbonyl (C=O) groups excluding carboxylic acids is 1. The van der Waals surface area contributed by atoms with Crippen LogP contribution in [0.1, 0.15) is 34.5 Å². The summed E-state index contributed by atoms with van der Waals surface area (Å²) < 4.78 is 0. The molecule has 0 radical (unpaired) electrons. The Morgan fingerprint density at radius 1 is 1.38 bits per heavy atom. The van der Waals surface area contributed by atoms with Crippen LogP contribution in [0.4, 0.5) is 5.82 Å². The van der Waals surface area contributed by atoms with Crippen molar-refractivity contribution in [2.75, 3.05) is 11.9 Å². The molecule has 0 fully saturated rings. The minimum Gasteiger partial charge on any atom is -0.370 e. The van der Waals surface area contributed by atoms with E-state index in [-0.39, 0.29) is 11.6 Å². The van der Waals surface area contributed by atoms with Crippen LogP contribution in [-0.4, -0.2) is 22.4 Å². The molecule has 1 amide bonds. The van der Waals surface area contributed by atoms with E-state index in [0.29, 0.717) is 17.4 Å². The molecule has 2 N–H and O–H groups in total. The Labute approximate surface area is 132 Å². The van der Waals surface area contributed by atoms with E-state index in [9.17, 15) is 4.79 Å². The summed E-state index contributed by atoms with van der Waals surface area (Å²) in [7, 11) is 0. The molecule has 0 aliphatic carbocycles. The maximum Gasteiger partial charge on any atom is 0.271 e. The molecule has 0 aromatic carbocycles. The van der Waals surface area contributed by atoms with Gasteiger partial charge in [-0.15, -0.1) is 11.3 Å². The van der Waals surface area contributed by atoms with Gasteiger partial charge in [0.1, 0.15) is 16.5 Å². The first-order valence-corrected chi connectivity index (χ1v) is 7.95. The van der Waals surface area contributed by atoms with Gasteiger partial charge in [-0.05, 0) is 25.5 Å². The van der Waals surface area contributed by atoms with Crippen molar-refractivity contribution < 1.29 is 4.79 Å². The van der Waals surface area contributed by atoms with E-state index >= 15 is 0 Å². The Bertz CT molecular complexity index is 629. The van der Waals surface area contributed by atoms with Crippen LogP contribution in [0, 0.1) is 6.92 Å². The van der Waals surface area contributed by atoms with Crippen LogP contribution in [0.3, 0.4) is 0 Å². The van der Waals surface area contributed by atoms with E-state index in [0.717, 1.165) is 23.7 Å². The third-order valence-electron chi connectivity index (χ3n) is 2.68. The van der Waals surface area contributed by atoms with E-state index < -0.39 is 0 Å². The van der Waals surface area contributed by atoms with Crippen LogP contribution in [-0.2, 0) is 6.54 Å². The first kappa shape index (κ1) is 15.7. The Morgan fingerprint density at radius 2 is 2.19 bits per heavy atom. The van der Waals surface area contributed by atoms with Crippen molar-refractivity contribution in [2.24, 2.45) is 0 Å². The molecule has 7 heteroatoms. The molecule has 5 nitrogen and oxygen atoms in total. The second kappa shape index (κ2) is 7.38. The van der Waals surface area contributed by atoms with Gasteiger partial charge in [0, 0.05) is 17.6 Å². The van der Waals surface area contributed by atoms with Gasteiger partial charge in [0.25, 0.3) is 5.91 Å². The van der Waals surface area contributed by atoms with E-state index in [1.807, 2.05) is 12.3 Å². The standard InChI is InChI=1S/C14H17ClN4OS/c1-3-6-16-11-5-4-10(15)13(19-11)14(20)17-7-12-18-9(2)8-21-12/h4-5,8H,3,6-7H2,1-2H3,(H,16,19)(H,17,20). The zero-order chi connectivity index (χ0) is 15.2. The second-order valence-electron chi connectivity index (χ2n) is 4.52. The van der Waals surface area contributed by atoms with Crippen molar-refractivity contribution in [1.82, 2.24) is 15.3 Å². The fraction of sp³-hybridized carbons (Fsp3) is 0.357. The normalized spacial score (nSPS) is 10.4. The average Bonchev–Trinajstić information content (AvgIpc) is 2.89. The molecule has 0 saturated heterocycles. The predicted molar refractivity (Wildman–Crippen MR) is 86.0 cm³/mol. The lowest BCUT2D eigenvalue weighted by Crippen LogP contribution is -2.24. The number of thiazole rings is 1. The smallest absolute Gasteiger partial charge is 0.271 e. The third-order valence-corrected chi connectivity index (χ3v) is 3.96. The maximum absolute atomic E-state index is 12.2. The summed E-state index contributed by atoms with van der Waals surface area (Å²) in [6.45, 7) is 5.16. The van der Waals surface area contributed by atoms with E-state index in [1.54, 1.807) is 12.1 Å². The summed E-state index contributed by atoms with van der Waals surface area (Å²) >= 11 is 7.56. The van der Waals surface area contributed by atoms with Gasteiger partial charge in [0.2, 0.25) is 0 Å². The highest BCUT2D eigenvalue weighted by Crippen LogP contribution is 2.17. The summed E-state index contributed by atoms with van der Waals surface area (Å²) in [5.74, 6) is 0.351. The van der Waals surface area contributed by atoms with Crippen molar-refractivity contribution in [3.05, 3.63) is 38.9 Å². The van der Waals surface area contributed by atoms with Crippen LogP contribution < -0.4 is 10.6 Å². The first-order chi connectivity index (χ1) is 10.1. The predicted octanol–water partition coefficient (Wildman–Crippen LogP) is 3.25. The van der Waals surface area contributed by atoms with Crippen LogP contribution in [0.25, 0.3) is 0 Å². The summed E-state index contributed by atoms with van der Waals surface area (Å²) in [5.41, 5.74) is 1.18. The molecule has 0 spiro atoms. The number of nitrogens with one attached hydrogen (secondary N) is 2. The average molecular weight is 325 g/mol. The number of carbonyl (C=O) groups is 1. The van der Waals surface area contributed by atoms with Gasteiger partial charge in [0.05, 0.1) is 11.6 Å². The molecule has 2 aromatic rings. The molecule has 0 atom stereocenters. The van der Waals surface area contributed by atoms with Gasteiger partial charge in [-0.1, -0.05) is 18.5 Å². The lowest BCUT2D eigenvalue weighted by molar-refractivity contribution is 0.0946. The molecule has 21 heavy (non-hydrogen) atoms. The van der Waals surface area contributed by atoms with Gasteiger partial charge in [0.15, 0.2) is 0 Å². The Hall–Kier alpha value is -1.66. The SMILES string of the molecule is CCCNc1ccc(Cl)c(C(=O)NCc2nc(C)cs2)n1. The highest BCUT2D eigenvalue weighted by molar-refractivity contribution is 7.09. The third kappa shape index (κ3) is 4.41. The topological polar surface area (TPSA) is 66.9 Å². The molecule has 2 heterocycles. The van der Waals surface area contributed by atoms with Crippen molar-refractivity contribution >= 4 is 34.7 Å². The molecular formula is C14H17ClN4OS. The summed E-state index contributed by atoms with van der Waals surface area (Å²) in [5, 5.41) is 9.06. The van der Waals surface area contributed by atoms with E-state index in [1.165, 1.54) is 11.3 Å². The van der Waals surface area contributed by atoms with Gasteiger partial charge >= 0.3 is 0 Å². The van der Waals surface area contributed by atoms with Crippen molar-refractivity contribution in [3.8, 4) is 0 Å². The maximum atomic E-state index is 12.2. The van der Waals surface area contributed by atoms with E-state index in [4.69, 9.17) is 11.6 Å². The molecule has 0 aliphatic rings. The van der Waals surface area contributed by atoms with Crippen molar-refractivity contribution in [1.29, 1.82) is 0 Å². The fourth-order valence-corrected chi connectivity index (χ4v) is 2.58. The van der Waals surface area contributed by atoms with Crippen LogP contribution in [0.15, 0.2) is 17.5 Å². The van der Waals surface area contributed by atoms with Crippen molar-refractivity contribution in [3.63, 3.8) is 0 Å². The molecule has 2 aromatic heterocycles. The number of aromatic nitrogens is 2. The summed E-state index contributed by atoms with van der Waals surface area (Å²) in [6, 6.07) is 3.44. The highest BCUT2D eigenvalue weighted by atomic mass is 35.5. The second-order valence-corrected chi connectivity index (χ2v) is 5.87. The first-order valence-electron chi connectivity index (χ1n) is 6.69. The van der Waals surface area contributed by atoms with Gasteiger partial charge in [-0.25, -0.2) is 9.97 Å². The fourth-order valence-electron chi connectivity index (χ4n) is 1.68. The number of nitrogens with zero attached hydrogens (tertiary/aromatic N) is 2. The molecular weight excluding hydrogens is 308 g/mol. The molecule has 112 valence electrons. The Kier molecular flexibility index (Phi) is 5.52. The zero-order valence-corrected chi connectivity index (χ0v) is 13.5. The number of rotatable bonds is 6. The largest absolute Gasteiger partial charge is 0.370 e. The molecule has 2 rings (SSSR count). The molecule has 0 unspecified atom stereocenters. The van der Waals surface area contributed by atoms with Gasteiger partial charge in [-0.3, -0.25) is 4.79 Å². The summed E-state index contributed by atoms with van der Waals surface area (Å²) in [4.78, 5) is 20.7. The Balaban J connectivity index is 2.03. The van der Waals surface area contributed by atoms with Crippen LogP contribution in [0.2, 0.25) is 5.02 Å². The lowest BCUT2D eigenvalue weighted by atomic mass is 10.3. The number of halogens is 1. The monoisotopic (exact) mass is 324 g/mol. The number of hydrogen-bond donors (Lipinski definition) is 2. The van der Waals surface area contributed by atoms with Crippen molar-refractivity contribution in [2.45, 2.75) is 26.8 Å². The molecule has 0 saturated carbocycles. The number of aryl methyl sites for hydroxylation is 1. The highest BCUT2D eigenvalue weighted by Gasteiger charge is 2.13. The number of anilines is 1. The molecule has 0 aliphatic heterocycles. The van der Waals surface area contributed by atoms with Gasteiger partial charge < -0.3 is 10.6 Å². The van der Waals surface area contributed by atoms with Crippen LogP contribution in [0.5, 0.6) is 0 Å². The minimum absolute atomic E-state index is 0.228. The van der Waals surface area contributed by atoms with Crippen LogP contribution >= 0.6 is 22.9 Å². The van der Waals surface area contributed by atoms with E-state index in [2.05, 4.69) is 27.5 Å². The molecule has 0 bridgehead atoms. The number of amides is 1. The summed E-state index contributed by atoms with van der Waals surface area (Å²) in [6.07, 6.45) is 0.981.